The molecule has 0 radical (unpaired) electrons. The summed E-state index contributed by atoms with van der Waals surface area (Å²) in [7, 11) is 2.22. The van der Waals surface area contributed by atoms with E-state index in [0.29, 0.717) is 6.04 Å². The molecule has 0 spiro atoms. The average molecular weight is 335 g/mol. The SMILES string of the molecule is CN1CCC(N(Cc2cccnc2)Cc2ccc3occc3c2)CC1. The Morgan fingerprint density at radius 2 is 1.96 bits per heavy atom. The van der Waals surface area contributed by atoms with Crippen molar-refractivity contribution < 1.29 is 4.42 Å². The third-order valence-corrected chi connectivity index (χ3v) is 5.22. The monoisotopic (exact) mass is 335 g/mol. The van der Waals surface area contributed by atoms with Crippen molar-refractivity contribution in [1.29, 1.82) is 0 Å². The van der Waals surface area contributed by atoms with Crippen LogP contribution in [-0.4, -0.2) is 41.0 Å². The molecular formula is C21H25N3O. The van der Waals surface area contributed by atoms with Gasteiger partial charge in [0.1, 0.15) is 5.58 Å². The predicted molar refractivity (Wildman–Crippen MR) is 100 cm³/mol. The topological polar surface area (TPSA) is 32.5 Å². The van der Waals surface area contributed by atoms with Crippen LogP contribution in [0.3, 0.4) is 0 Å². The van der Waals surface area contributed by atoms with Crippen LogP contribution >= 0.6 is 0 Å². The molecule has 1 aliphatic rings. The zero-order valence-electron chi connectivity index (χ0n) is 14.8. The highest BCUT2D eigenvalue weighted by Crippen LogP contribution is 2.23. The van der Waals surface area contributed by atoms with Gasteiger partial charge in [-0.15, -0.1) is 0 Å². The second kappa shape index (κ2) is 7.38. The molecule has 0 saturated carbocycles. The van der Waals surface area contributed by atoms with Crippen LogP contribution in [0.25, 0.3) is 11.0 Å². The van der Waals surface area contributed by atoms with Gasteiger partial charge in [-0.25, -0.2) is 0 Å². The van der Waals surface area contributed by atoms with Crippen LogP contribution in [0.1, 0.15) is 24.0 Å². The number of likely N-dealkylation sites (tertiary alicyclic amines) is 1. The first-order chi connectivity index (χ1) is 12.3. The first-order valence-electron chi connectivity index (χ1n) is 9.05. The molecule has 0 unspecified atom stereocenters. The molecule has 1 saturated heterocycles. The Balaban J connectivity index is 1.55. The molecule has 25 heavy (non-hydrogen) atoms. The summed E-state index contributed by atoms with van der Waals surface area (Å²) < 4.78 is 5.47. The largest absolute Gasteiger partial charge is 0.464 e. The Hall–Kier alpha value is -2.17. The molecule has 0 atom stereocenters. The second-order valence-corrected chi connectivity index (χ2v) is 7.09. The van der Waals surface area contributed by atoms with Gasteiger partial charge in [0, 0.05) is 36.9 Å². The quantitative estimate of drug-likeness (QED) is 0.707. The highest BCUT2D eigenvalue weighted by Gasteiger charge is 2.23. The highest BCUT2D eigenvalue weighted by molar-refractivity contribution is 5.77. The lowest BCUT2D eigenvalue weighted by Crippen LogP contribution is -2.43. The van der Waals surface area contributed by atoms with Gasteiger partial charge >= 0.3 is 0 Å². The van der Waals surface area contributed by atoms with Crippen LogP contribution in [0.4, 0.5) is 0 Å². The van der Waals surface area contributed by atoms with E-state index in [-0.39, 0.29) is 0 Å². The van der Waals surface area contributed by atoms with Crippen LogP contribution in [0, 0.1) is 0 Å². The van der Waals surface area contributed by atoms with E-state index < -0.39 is 0 Å². The van der Waals surface area contributed by atoms with Gasteiger partial charge in [-0.1, -0.05) is 12.1 Å². The Morgan fingerprint density at radius 3 is 2.76 bits per heavy atom. The van der Waals surface area contributed by atoms with E-state index in [2.05, 4.69) is 46.1 Å². The Labute approximate surface area is 149 Å². The number of benzene rings is 1. The maximum absolute atomic E-state index is 5.47. The van der Waals surface area contributed by atoms with Gasteiger partial charge < -0.3 is 9.32 Å². The summed E-state index contributed by atoms with van der Waals surface area (Å²) in [4.78, 5) is 9.33. The number of hydrogen-bond donors (Lipinski definition) is 0. The molecule has 0 bridgehead atoms. The van der Waals surface area contributed by atoms with E-state index in [9.17, 15) is 0 Å². The van der Waals surface area contributed by atoms with E-state index in [0.717, 1.165) is 18.7 Å². The molecule has 0 amide bonds. The molecule has 1 aromatic carbocycles. The summed E-state index contributed by atoms with van der Waals surface area (Å²) in [6.07, 6.45) is 8.05. The van der Waals surface area contributed by atoms with Crippen molar-refractivity contribution in [2.75, 3.05) is 20.1 Å². The summed E-state index contributed by atoms with van der Waals surface area (Å²) in [6.45, 7) is 4.26. The molecule has 0 N–H and O–H groups in total. The number of fused-ring (bicyclic) bond motifs is 1. The summed E-state index contributed by atoms with van der Waals surface area (Å²) >= 11 is 0. The number of aromatic nitrogens is 1. The molecule has 4 nitrogen and oxygen atoms in total. The molecule has 130 valence electrons. The normalized spacial score (nSPS) is 16.7. The fourth-order valence-electron chi connectivity index (χ4n) is 3.75. The zero-order chi connectivity index (χ0) is 17.1. The summed E-state index contributed by atoms with van der Waals surface area (Å²) in [5.41, 5.74) is 3.59. The van der Waals surface area contributed by atoms with Crippen LogP contribution in [0.2, 0.25) is 0 Å². The number of rotatable bonds is 5. The summed E-state index contributed by atoms with van der Waals surface area (Å²) in [5, 5.41) is 1.18. The molecule has 4 heteroatoms. The van der Waals surface area contributed by atoms with Crippen molar-refractivity contribution >= 4 is 11.0 Å². The third kappa shape index (κ3) is 3.91. The zero-order valence-corrected chi connectivity index (χ0v) is 14.8. The lowest BCUT2D eigenvalue weighted by molar-refractivity contribution is 0.108. The minimum Gasteiger partial charge on any atom is -0.464 e. The average Bonchev–Trinajstić information content (AvgIpc) is 3.10. The molecule has 1 aliphatic heterocycles. The predicted octanol–water partition coefficient (Wildman–Crippen LogP) is 3.92. The van der Waals surface area contributed by atoms with Crippen LogP contribution in [0.15, 0.2) is 59.5 Å². The van der Waals surface area contributed by atoms with Crippen LogP contribution in [-0.2, 0) is 13.1 Å². The smallest absolute Gasteiger partial charge is 0.133 e. The highest BCUT2D eigenvalue weighted by atomic mass is 16.3. The first kappa shape index (κ1) is 16.3. The van der Waals surface area contributed by atoms with E-state index in [1.807, 2.05) is 24.5 Å². The lowest BCUT2D eigenvalue weighted by Gasteiger charge is -2.37. The number of piperidine rings is 1. The minimum absolute atomic E-state index is 0.622. The van der Waals surface area contributed by atoms with Gasteiger partial charge in [-0.2, -0.15) is 0 Å². The van der Waals surface area contributed by atoms with Gasteiger partial charge in [0.15, 0.2) is 0 Å². The Kier molecular flexibility index (Phi) is 4.81. The number of nitrogens with zero attached hydrogens (tertiary/aromatic N) is 3. The van der Waals surface area contributed by atoms with Crippen molar-refractivity contribution in [1.82, 2.24) is 14.8 Å². The van der Waals surface area contributed by atoms with Crippen LogP contribution < -0.4 is 0 Å². The van der Waals surface area contributed by atoms with E-state index in [1.54, 1.807) is 6.26 Å². The van der Waals surface area contributed by atoms with Crippen molar-refractivity contribution in [3.8, 4) is 0 Å². The van der Waals surface area contributed by atoms with Gasteiger partial charge in [0.05, 0.1) is 6.26 Å². The van der Waals surface area contributed by atoms with Gasteiger partial charge in [0.2, 0.25) is 0 Å². The molecule has 3 heterocycles. The fraction of sp³-hybridized carbons (Fsp3) is 0.381. The molecule has 0 aliphatic carbocycles. The van der Waals surface area contributed by atoms with Crippen LogP contribution in [0.5, 0.6) is 0 Å². The van der Waals surface area contributed by atoms with Gasteiger partial charge in [-0.3, -0.25) is 9.88 Å². The second-order valence-electron chi connectivity index (χ2n) is 7.09. The molecule has 3 aromatic rings. The maximum Gasteiger partial charge on any atom is 0.133 e. The van der Waals surface area contributed by atoms with Crippen molar-refractivity contribution in [2.45, 2.75) is 32.0 Å². The van der Waals surface area contributed by atoms with Gasteiger partial charge in [0.25, 0.3) is 0 Å². The summed E-state index contributed by atoms with van der Waals surface area (Å²) in [6, 6.07) is 13.4. The van der Waals surface area contributed by atoms with Crippen molar-refractivity contribution in [3.05, 3.63) is 66.2 Å². The molecule has 2 aromatic heterocycles. The van der Waals surface area contributed by atoms with E-state index >= 15 is 0 Å². The van der Waals surface area contributed by atoms with Gasteiger partial charge in [-0.05, 0) is 68.4 Å². The van der Waals surface area contributed by atoms with Crippen molar-refractivity contribution in [2.24, 2.45) is 0 Å². The van der Waals surface area contributed by atoms with E-state index in [4.69, 9.17) is 4.42 Å². The fourth-order valence-corrected chi connectivity index (χ4v) is 3.75. The molecular weight excluding hydrogens is 310 g/mol. The standard InChI is InChI=1S/C21H25N3O/c1-23-10-6-20(7-11-23)24(16-18-3-2-9-22-14-18)15-17-4-5-21-19(13-17)8-12-25-21/h2-5,8-9,12-14,20H,6-7,10-11,15-16H2,1H3. The summed E-state index contributed by atoms with van der Waals surface area (Å²) in [5.74, 6) is 0. The third-order valence-electron chi connectivity index (χ3n) is 5.22. The lowest BCUT2D eigenvalue weighted by atomic mass is 10.0. The number of furan rings is 1. The molecule has 1 fully saturated rings. The number of pyridine rings is 1. The Morgan fingerprint density at radius 1 is 1.12 bits per heavy atom. The van der Waals surface area contributed by atoms with E-state index in [1.165, 1.54) is 42.4 Å². The first-order valence-corrected chi connectivity index (χ1v) is 9.05. The Bertz CT molecular complexity index is 806. The number of hydrogen-bond acceptors (Lipinski definition) is 4. The minimum atomic E-state index is 0.622. The maximum atomic E-state index is 5.47. The van der Waals surface area contributed by atoms with Crippen molar-refractivity contribution in [3.63, 3.8) is 0 Å². The molecule has 4 rings (SSSR count).